The van der Waals surface area contributed by atoms with E-state index in [-0.39, 0.29) is 36.0 Å². The molecule has 4 rings (SSSR count). The first-order valence-electron chi connectivity index (χ1n) is 10.7. The average Bonchev–Trinajstić information content (AvgIpc) is 3.69. The van der Waals surface area contributed by atoms with Gasteiger partial charge in [-0.3, -0.25) is 14.4 Å². The van der Waals surface area contributed by atoms with Gasteiger partial charge in [-0.1, -0.05) is 12.1 Å². The number of alkyl halides is 1. The van der Waals surface area contributed by atoms with Crippen LogP contribution >= 0.6 is 24.0 Å². The maximum absolute atomic E-state index is 11.9. The average molecular weight is 493 g/mol. The van der Waals surface area contributed by atoms with Crippen LogP contribution in [0.4, 0.5) is 11.4 Å². The Morgan fingerprint density at radius 1 is 0.879 bits per heavy atom. The molecule has 0 spiro atoms. The Morgan fingerprint density at radius 3 is 1.82 bits per heavy atom. The van der Waals surface area contributed by atoms with Crippen molar-refractivity contribution in [2.75, 3.05) is 16.9 Å². The number of carbonyl (C=O) groups is 3. The van der Waals surface area contributed by atoms with Gasteiger partial charge in [0, 0.05) is 34.6 Å². The van der Waals surface area contributed by atoms with E-state index < -0.39 is 0 Å². The van der Waals surface area contributed by atoms with Crippen LogP contribution < -0.4 is 21.7 Å². The molecule has 2 aliphatic rings. The van der Waals surface area contributed by atoms with E-state index in [9.17, 15) is 14.4 Å². The fourth-order valence-electron chi connectivity index (χ4n) is 2.86. The molecule has 33 heavy (non-hydrogen) atoms. The number of nitrogens with two attached hydrogens (primary N) is 1. The van der Waals surface area contributed by atoms with Gasteiger partial charge >= 0.3 is 0 Å². The summed E-state index contributed by atoms with van der Waals surface area (Å²) in [5.74, 6) is -0.490. The molecule has 2 aromatic carbocycles. The second-order valence-electron chi connectivity index (χ2n) is 8.28. The molecular formula is C24H30Cl2N4O3. The minimum atomic E-state index is -0.278. The zero-order chi connectivity index (χ0) is 23.3. The van der Waals surface area contributed by atoms with Crippen LogP contribution in [0, 0.1) is 13.8 Å². The van der Waals surface area contributed by atoms with Crippen LogP contribution in [0.1, 0.15) is 57.5 Å². The molecule has 178 valence electrons. The van der Waals surface area contributed by atoms with E-state index in [0.29, 0.717) is 34.6 Å². The van der Waals surface area contributed by atoms with Gasteiger partial charge in [0.15, 0.2) is 0 Å². The maximum atomic E-state index is 11.9. The van der Waals surface area contributed by atoms with Crippen LogP contribution in [0.5, 0.6) is 0 Å². The van der Waals surface area contributed by atoms with Crippen molar-refractivity contribution in [2.45, 2.75) is 51.6 Å². The number of hydrogen-bond acceptors (Lipinski definition) is 4. The first-order valence-corrected chi connectivity index (χ1v) is 11.2. The van der Waals surface area contributed by atoms with Gasteiger partial charge in [0.2, 0.25) is 5.91 Å². The van der Waals surface area contributed by atoms with Gasteiger partial charge in [0.1, 0.15) is 5.88 Å². The number of halogens is 2. The summed E-state index contributed by atoms with van der Waals surface area (Å²) in [5.41, 5.74) is 10.1. The van der Waals surface area contributed by atoms with E-state index in [2.05, 4.69) is 16.0 Å². The van der Waals surface area contributed by atoms with Crippen LogP contribution in [-0.2, 0) is 4.79 Å². The summed E-state index contributed by atoms with van der Waals surface area (Å²) < 4.78 is 0. The number of nitrogens with one attached hydrogen (secondary N) is 3. The standard InChI is InChI=1S/C13H15ClN2O2.C11H14N2O.ClH/c1-8-2-3-9(13(18)15-10-4-5-10)6-11(8)16-12(17)7-14;1-7-2-3-8(6-10(7)12)11(14)13-9-4-5-9;/h2-3,6,10H,4-5,7H2,1H3,(H,15,18)(H,16,17);2-3,6,9H,4-5,12H2,1H3,(H,13,14);1H. The lowest BCUT2D eigenvalue weighted by Gasteiger charge is -2.10. The normalized spacial score (nSPS) is 14.2. The van der Waals surface area contributed by atoms with Crippen molar-refractivity contribution in [1.82, 2.24) is 10.6 Å². The highest BCUT2D eigenvalue weighted by molar-refractivity contribution is 6.29. The minimum absolute atomic E-state index is 0. The molecule has 7 nitrogen and oxygen atoms in total. The van der Waals surface area contributed by atoms with Crippen LogP contribution in [0.2, 0.25) is 0 Å². The Kier molecular flexibility index (Phi) is 9.56. The Bertz CT molecular complexity index is 1020. The SMILES string of the molecule is Cc1ccc(C(=O)NC2CC2)cc1N.Cc1ccc(C(=O)NC2CC2)cc1NC(=O)CCl.Cl. The van der Waals surface area contributed by atoms with Crippen LogP contribution in [0.25, 0.3) is 0 Å². The third-order valence-electron chi connectivity index (χ3n) is 5.26. The highest BCUT2D eigenvalue weighted by Gasteiger charge is 2.24. The third kappa shape index (κ3) is 8.26. The largest absolute Gasteiger partial charge is 0.398 e. The van der Waals surface area contributed by atoms with Gasteiger partial charge in [-0.15, -0.1) is 24.0 Å². The molecule has 0 aromatic heterocycles. The van der Waals surface area contributed by atoms with Crippen molar-refractivity contribution in [3.05, 3.63) is 58.7 Å². The van der Waals surface area contributed by atoms with Crippen molar-refractivity contribution < 1.29 is 14.4 Å². The van der Waals surface area contributed by atoms with Gasteiger partial charge in [-0.05, 0) is 74.9 Å². The number of aryl methyl sites for hydroxylation is 2. The van der Waals surface area contributed by atoms with Crippen molar-refractivity contribution in [2.24, 2.45) is 0 Å². The number of nitrogen functional groups attached to an aromatic ring is 1. The molecule has 0 unspecified atom stereocenters. The highest BCUT2D eigenvalue weighted by atomic mass is 35.5. The first kappa shape index (κ1) is 26.5. The molecule has 0 saturated heterocycles. The predicted molar refractivity (Wildman–Crippen MR) is 134 cm³/mol. The van der Waals surface area contributed by atoms with Crippen LogP contribution in [0.15, 0.2) is 36.4 Å². The van der Waals surface area contributed by atoms with Gasteiger partial charge in [0.05, 0.1) is 0 Å². The topological polar surface area (TPSA) is 113 Å². The lowest BCUT2D eigenvalue weighted by atomic mass is 10.1. The van der Waals surface area contributed by atoms with Crippen molar-refractivity contribution in [3.63, 3.8) is 0 Å². The summed E-state index contributed by atoms with van der Waals surface area (Å²) in [4.78, 5) is 34.7. The second-order valence-corrected chi connectivity index (χ2v) is 8.55. The predicted octanol–water partition coefficient (Wildman–Crippen LogP) is 3.96. The van der Waals surface area contributed by atoms with E-state index in [1.807, 2.05) is 32.0 Å². The van der Waals surface area contributed by atoms with Crippen molar-refractivity contribution in [3.8, 4) is 0 Å². The lowest BCUT2D eigenvalue weighted by molar-refractivity contribution is -0.113. The molecule has 2 aliphatic carbocycles. The molecule has 0 heterocycles. The van der Waals surface area contributed by atoms with E-state index in [4.69, 9.17) is 17.3 Å². The zero-order valence-electron chi connectivity index (χ0n) is 18.7. The number of hydrogen-bond donors (Lipinski definition) is 4. The van der Waals surface area contributed by atoms with Gasteiger partial charge in [-0.2, -0.15) is 0 Å². The number of carbonyl (C=O) groups excluding carboxylic acids is 3. The zero-order valence-corrected chi connectivity index (χ0v) is 20.3. The van der Waals surface area contributed by atoms with Crippen LogP contribution in [0.3, 0.4) is 0 Å². The summed E-state index contributed by atoms with van der Waals surface area (Å²) in [5, 5.41) is 8.50. The summed E-state index contributed by atoms with van der Waals surface area (Å²) in [6.45, 7) is 3.80. The van der Waals surface area contributed by atoms with E-state index in [1.54, 1.807) is 18.2 Å². The molecule has 3 amide bonds. The maximum Gasteiger partial charge on any atom is 0.251 e. The summed E-state index contributed by atoms with van der Waals surface area (Å²) in [7, 11) is 0. The fourth-order valence-corrected chi connectivity index (χ4v) is 2.92. The Hall–Kier alpha value is -2.77. The molecule has 0 aliphatic heterocycles. The number of rotatable bonds is 6. The van der Waals surface area contributed by atoms with Gasteiger partial charge in [-0.25, -0.2) is 0 Å². The summed E-state index contributed by atoms with van der Waals surface area (Å²) in [6, 6.07) is 11.4. The Balaban J connectivity index is 0.000000233. The highest BCUT2D eigenvalue weighted by Crippen LogP contribution is 2.22. The first-order chi connectivity index (χ1) is 15.3. The molecule has 0 atom stereocenters. The molecule has 5 N–H and O–H groups in total. The van der Waals surface area contributed by atoms with Gasteiger partial charge < -0.3 is 21.7 Å². The monoisotopic (exact) mass is 492 g/mol. The fraction of sp³-hybridized carbons (Fsp3) is 0.375. The Morgan fingerprint density at radius 2 is 1.36 bits per heavy atom. The number of anilines is 2. The van der Waals surface area contributed by atoms with Gasteiger partial charge in [0.25, 0.3) is 11.8 Å². The Labute approximate surface area is 205 Å². The molecule has 0 radical (unpaired) electrons. The van der Waals surface area contributed by atoms with E-state index in [0.717, 1.165) is 36.8 Å². The van der Waals surface area contributed by atoms with E-state index in [1.165, 1.54) is 0 Å². The molecule has 2 saturated carbocycles. The molecule has 9 heteroatoms. The quantitative estimate of drug-likeness (QED) is 0.361. The molecule has 2 fully saturated rings. The number of benzene rings is 2. The van der Waals surface area contributed by atoms with Crippen molar-refractivity contribution >= 4 is 53.1 Å². The molecule has 0 bridgehead atoms. The molecular weight excluding hydrogens is 463 g/mol. The lowest BCUT2D eigenvalue weighted by Crippen LogP contribution is -2.25. The minimum Gasteiger partial charge on any atom is -0.398 e. The van der Waals surface area contributed by atoms with Crippen LogP contribution in [-0.4, -0.2) is 35.7 Å². The summed E-state index contributed by atoms with van der Waals surface area (Å²) in [6.07, 6.45) is 4.31. The van der Waals surface area contributed by atoms with E-state index >= 15 is 0 Å². The third-order valence-corrected chi connectivity index (χ3v) is 5.50. The molecule has 2 aromatic rings. The van der Waals surface area contributed by atoms with Crippen molar-refractivity contribution in [1.29, 1.82) is 0 Å². The number of amides is 3. The smallest absolute Gasteiger partial charge is 0.251 e. The second kappa shape index (κ2) is 11.9. The summed E-state index contributed by atoms with van der Waals surface area (Å²) >= 11 is 5.44.